The molecule has 0 radical (unpaired) electrons. The number of morpholine rings is 1. The molecule has 5 heteroatoms. The van der Waals surface area contributed by atoms with Crippen molar-refractivity contribution in [2.24, 2.45) is 7.05 Å². The third-order valence-corrected chi connectivity index (χ3v) is 4.43. The number of aryl methyl sites for hydroxylation is 2. The fourth-order valence-electron chi connectivity index (χ4n) is 3.18. The van der Waals surface area contributed by atoms with Gasteiger partial charge in [-0.3, -0.25) is 4.90 Å². The van der Waals surface area contributed by atoms with Crippen LogP contribution in [0.15, 0.2) is 12.4 Å². The highest BCUT2D eigenvalue weighted by atomic mass is 16.5. The van der Waals surface area contributed by atoms with Crippen LogP contribution in [0.3, 0.4) is 0 Å². The molecule has 0 amide bonds. The van der Waals surface area contributed by atoms with Crippen LogP contribution in [-0.2, 0) is 18.2 Å². The third kappa shape index (κ3) is 2.83. The molecule has 0 aliphatic carbocycles. The molecule has 3 rings (SSSR count). The van der Waals surface area contributed by atoms with Gasteiger partial charge in [-0.2, -0.15) is 0 Å². The number of rotatable bonds is 4. The molecule has 0 spiro atoms. The predicted octanol–water partition coefficient (Wildman–Crippen LogP) is 0.577. The van der Waals surface area contributed by atoms with E-state index in [1.54, 1.807) is 6.20 Å². The molecule has 2 aliphatic rings. The fourth-order valence-corrected chi connectivity index (χ4v) is 3.18. The van der Waals surface area contributed by atoms with E-state index in [4.69, 9.17) is 4.74 Å². The summed E-state index contributed by atoms with van der Waals surface area (Å²) in [5.74, 6) is 1.02. The highest BCUT2D eigenvalue weighted by molar-refractivity contribution is 4.93. The van der Waals surface area contributed by atoms with Crippen LogP contribution in [0.2, 0.25) is 0 Å². The van der Waals surface area contributed by atoms with Crippen LogP contribution < -0.4 is 0 Å². The van der Waals surface area contributed by atoms with Gasteiger partial charge in [-0.15, -0.1) is 0 Å². The number of hydrogen-bond donors (Lipinski definition) is 1. The highest BCUT2D eigenvalue weighted by Crippen LogP contribution is 2.24. The van der Waals surface area contributed by atoms with Gasteiger partial charge in [0.25, 0.3) is 0 Å². The highest BCUT2D eigenvalue weighted by Gasteiger charge is 2.35. The molecule has 3 heterocycles. The average molecular weight is 265 g/mol. The Hall–Kier alpha value is -0.910. The maximum absolute atomic E-state index is 10.3. The normalized spacial score (nSPS) is 29.4. The van der Waals surface area contributed by atoms with Gasteiger partial charge in [-0.05, 0) is 25.8 Å². The van der Waals surface area contributed by atoms with Crippen molar-refractivity contribution < 1.29 is 9.84 Å². The first-order valence-corrected chi connectivity index (χ1v) is 7.24. The Morgan fingerprint density at radius 2 is 2.47 bits per heavy atom. The molecule has 2 aliphatic heterocycles. The molecule has 3 atom stereocenters. The van der Waals surface area contributed by atoms with E-state index >= 15 is 0 Å². The molecule has 0 aromatic carbocycles. The molecule has 2 saturated heterocycles. The standard InChI is InChI=1S/C14H23N3O2/c1-16-8-6-15-14(16)5-4-12(18)13-9-17-7-2-3-11(17)10-19-13/h6,8,11-13,18H,2-5,7,9-10H2,1H3. The maximum atomic E-state index is 10.3. The minimum Gasteiger partial charge on any atom is -0.390 e. The van der Waals surface area contributed by atoms with Crippen molar-refractivity contribution in [3.05, 3.63) is 18.2 Å². The summed E-state index contributed by atoms with van der Waals surface area (Å²) in [5.41, 5.74) is 0. The van der Waals surface area contributed by atoms with Crippen LogP contribution in [0.25, 0.3) is 0 Å². The number of imidazole rings is 1. The van der Waals surface area contributed by atoms with Gasteiger partial charge in [0.2, 0.25) is 0 Å². The van der Waals surface area contributed by atoms with Crippen molar-refractivity contribution in [3.63, 3.8) is 0 Å². The Morgan fingerprint density at radius 1 is 1.58 bits per heavy atom. The lowest BCUT2D eigenvalue weighted by atomic mass is 10.1. The minimum atomic E-state index is -0.391. The van der Waals surface area contributed by atoms with Crippen LogP contribution >= 0.6 is 0 Å². The molecule has 106 valence electrons. The maximum Gasteiger partial charge on any atom is 0.108 e. The van der Waals surface area contributed by atoms with Gasteiger partial charge in [0.15, 0.2) is 0 Å². The van der Waals surface area contributed by atoms with Gasteiger partial charge in [0, 0.05) is 38.4 Å². The molecule has 1 aromatic rings. The summed E-state index contributed by atoms with van der Waals surface area (Å²) in [6.45, 7) is 2.83. The Balaban J connectivity index is 1.50. The number of aliphatic hydroxyl groups excluding tert-OH is 1. The van der Waals surface area contributed by atoms with Crippen LogP contribution in [0.1, 0.15) is 25.1 Å². The lowest BCUT2D eigenvalue weighted by Gasteiger charge is -2.37. The summed E-state index contributed by atoms with van der Waals surface area (Å²) in [7, 11) is 1.99. The second kappa shape index (κ2) is 5.61. The van der Waals surface area contributed by atoms with Gasteiger partial charge >= 0.3 is 0 Å². The second-order valence-electron chi connectivity index (χ2n) is 5.72. The predicted molar refractivity (Wildman–Crippen MR) is 71.9 cm³/mol. The van der Waals surface area contributed by atoms with Gasteiger partial charge in [0.1, 0.15) is 5.82 Å². The van der Waals surface area contributed by atoms with Crippen LogP contribution in [0.5, 0.6) is 0 Å². The first-order chi connectivity index (χ1) is 9.24. The fraction of sp³-hybridized carbons (Fsp3) is 0.786. The largest absolute Gasteiger partial charge is 0.390 e. The molecule has 0 saturated carbocycles. The van der Waals surface area contributed by atoms with Gasteiger partial charge in [0.05, 0.1) is 18.8 Å². The van der Waals surface area contributed by atoms with E-state index in [9.17, 15) is 5.11 Å². The number of ether oxygens (including phenoxy) is 1. The number of aliphatic hydroxyl groups is 1. The van der Waals surface area contributed by atoms with Crippen molar-refractivity contribution in [2.45, 2.75) is 43.9 Å². The molecule has 1 aromatic heterocycles. The number of aromatic nitrogens is 2. The topological polar surface area (TPSA) is 50.5 Å². The molecular weight excluding hydrogens is 242 g/mol. The summed E-state index contributed by atoms with van der Waals surface area (Å²) < 4.78 is 7.84. The lowest BCUT2D eigenvalue weighted by Crippen LogP contribution is -2.50. The van der Waals surface area contributed by atoms with Crippen LogP contribution in [-0.4, -0.2) is 57.5 Å². The molecule has 19 heavy (non-hydrogen) atoms. The van der Waals surface area contributed by atoms with Crippen molar-refractivity contribution in [3.8, 4) is 0 Å². The van der Waals surface area contributed by atoms with Gasteiger partial charge < -0.3 is 14.4 Å². The molecule has 2 fully saturated rings. The number of fused-ring (bicyclic) bond motifs is 1. The van der Waals surface area contributed by atoms with Gasteiger partial charge in [-0.1, -0.05) is 0 Å². The SMILES string of the molecule is Cn1ccnc1CCC(O)C1CN2CCCC2CO1. The van der Waals surface area contributed by atoms with E-state index < -0.39 is 6.10 Å². The molecule has 0 bridgehead atoms. The van der Waals surface area contributed by atoms with E-state index in [-0.39, 0.29) is 6.10 Å². The van der Waals surface area contributed by atoms with Crippen molar-refractivity contribution in [1.82, 2.24) is 14.5 Å². The zero-order valence-electron chi connectivity index (χ0n) is 11.5. The van der Waals surface area contributed by atoms with E-state index in [0.29, 0.717) is 12.5 Å². The Bertz CT molecular complexity index is 421. The summed E-state index contributed by atoms with van der Waals surface area (Å²) >= 11 is 0. The molecule has 1 N–H and O–H groups in total. The second-order valence-corrected chi connectivity index (χ2v) is 5.72. The summed E-state index contributed by atoms with van der Waals surface area (Å²) in [4.78, 5) is 6.76. The van der Waals surface area contributed by atoms with E-state index in [1.165, 1.54) is 12.8 Å². The van der Waals surface area contributed by atoms with Crippen LogP contribution in [0.4, 0.5) is 0 Å². The van der Waals surface area contributed by atoms with E-state index in [1.807, 2.05) is 17.8 Å². The summed E-state index contributed by atoms with van der Waals surface area (Å²) in [6, 6.07) is 0.595. The zero-order chi connectivity index (χ0) is 13.2. The molecule has 3 unspecified atom stereocenters. The van der Waals surface area contributed by atoms with Gasteiger partial charge in [-0.25, -0.2) is 4.98 Å². The van der Waals surface area contributed by atoms with Crippen molar-refractivity contribution in [1.29, 1.82) is 0 Å². The molecule has 5 nitrogen and oxygen atoms in total. The first kappa shape index (κ1) is 13.1. The monoisotopic (exact) mass is 265 g/mol. The third-order valence-electron chi connectivity index (χ3n) is 4.43. The lowest BCUT2D eigenvalue weighted by molar-refractivity contribution is -0.103. The van der Waals surface area contributed by atoms with Crippen molar-refractivity contribution >= 4 is 0 Å². The number of nitrogens with zero attached hydrogens (tertiary/aromatic N) is 3. The van der Waals surface area contributed by atoms with Crippen molar-refractivity contribution in [2.75, 3.05) is 19.7 Å². The number of hydrogen-bond acceptors (Lipinski definition) is 4. The first-order valence-electron chi connectivity index (χ1n) is 7.24. The molecular formula is C14H23N3O2. The average Bonchev–Trinajstić information content (AvgIpc) is 3.03. The smallest absolute Gasteiger partial charge is 0.108 e. The Labute approximate surface area is 114 Å². The van der Waals surface area contributed by atoms with Crippen LogP contribution in [0, 0.1) is 0 Å². The van der Waals surface area contributed by atoms with E-state index in [0.717, 1.165) is 31.9 Å². The Kier molecular flexibility index (Phi) is 3.86. The zero-order valence-corrected chi connectivity index (χ0v) is 11.5. The summed E-state index contributed by atoms with van der Waals surface area (Å²) in [6.07, 6.45) is 7.34. The quantitative estimate of drug-likeness (QED) is 0.865. The Morgan fingerprint density at radius 3 is 3.26 bits per heavy atom. The summed E-state index contributed by atoms with van der Waals surface area (Å²) in [5, 5.41) is 10.3. The minimum absolute atomic E-state index is 0.0328. The van der Waals surface area contributed by atoms with E-state index in [2.05, 4.69) is 9.88 Å².